The van der Waals surface area contributed by atoms with Crippen LogP contribution >= 0.6 is 23.2 Å². The summed E-state index contributed by atoms with van der Waals surface area (Å²) in [4.78, 5) is 13.0. The number of halogens is 2. The molecule has 1 aliphatic rings. The molecular weight excluding hydrogens is 361 g/mol. The van der Waals surface area contributed by atoms with Crippen LogP contribution in [0.15, 0.2) is 36.4 Å². The number of ether oxygens (including phenoxy) is 1. The highest BCUT2D eigenvalue weighted by Gasteiger charge is 2.32. The van der Waals surface area contributed by atoms with Crippen LogP contribution in [-0.2, 0) is 17.9 Å². The fourth-order valence-corrected chi connectivity index (χ4v) is 3.20. The van der Waals surface area contributed by atoms with Crippen molar-refractivity contribution in [1.82, 2.24) is 4.90 Å². The summed E-state index contributed by atoms with van der Waals surface area (Å²) in [6, 6.07) is 11.5. The van der Waals surface area contributed by atoms with Gasteiger partial charge in [0.1, 0.15) is 12.4 Å². The predicted octanol–water partition coefficient (Wildman–Crippen LogP) is 4.40. The van der Waals surface area contributed by atoms with Crippen molar-refractivity contribution in [1.29, 1.82) is 0 Å². The lowest BCUT2D eigenvalue weighted by atomic mass is 9.99. The summed E-state index contributed by atoms with van der Waals surface area (Å²) >= 11 is 11.9. The van der Waals surface area contributed by atoms with Gasteiger partial charge in [0.15, 0.2) is 0 Å². The van der Waals surface area contributed by atoms with Crippen LogP contribution in [0.1, 0.15) is 16.7 Å². The quantitative estimate of drug-likeness (QED) is 0.807. The number of benzene rings is 2. The van der Waals surface area contributed by atoms with Crippen LogP contribution in [0, 0.1) is 12.8 Å². The van der Waals surface area contributed by atoms with E-state index in [1.54, 1.807) is 12.1 Å². The zero-order valence-electron chi connectivity index (χ0n) is 13.8. The maximum Gasteiger partial charge on any atom is 0.309 e. The van der Waals surface area contributed by atoms with E-state index in [9.17, 15) is 4.79 Å². The van der Waals surface area contributed by atoms with Gasteiger partial charge in [-0.2, -0.15) is 0 Å². The third-order valence-electron chi connectivity index (χ3n) is 4.33. The molecule has 2 aromatic rings. The molecule has 1 aliphatic heterocycles. The molecule has 3 rings (SSSR count). The van der Waals surface area contributed by atoms with Crippen molar-refractivity contribution in [3.8, 4) is 5.75 Å². The Hall–Kier alpha value is -1.75. The molecule has 4 nitrogen and oxygen atoms in total. The summed E-state index contributed by atoms with van der Waals surface area (Å²) in [6.07, 6.45) is 0. The van der Waals surface area contributed by atoms with E-state index in [-0.39, 0.29) is 5.92 Å². The molecule has 0 aliphatic carbocycles. The number of carboxylic acids is 1. The first-order valence-electron chi connectivity index (χ1n) is 8.04. The van der Waals surface area contributed by atoms with Crippen LogP contribution in [0.3, 0.4) is 0 Å². The highest BCUT2D eigenvalue weighted by Crippen LogP contribution is 2.26. The lowest BCUT2D eigenvalue weighted by molar-refractivity contribution is -0.147. The molecule has 0 aromatic heterocycles. The van der Waals surface area contributed by atoms with Gasteiger partial charge in [-0.25, -0.2) is 0 Å². The number of likely N-dealkylation sites (tertiary alicyclic amines) is 1. The van der Waals surface area contributed by atoms with Crippen molar-refractivity contribution in [2.24, 2.45) is 5.92 Å². The minimum absolute atomic E-state index is 0.227. The van der Waals surface area contributed by atoms with E-state index < -0.39 is 5.97 Å². The maximum absolute atomic E-state index is 10.8. The van der Waals surface area contributed by atoms with Gasteiger partial charge in [0.05, 0.1) is 16.0 Å². The zero-order chi connectivity index (χ0) is 18.0. The summed E-state index contributed by atoms with van der Waals surface area (Å²) in [5, 5.41) is 9.97. The van der Waals surface area contributed by atoms with Gasteiger partial charge in [0.2, 0.25) is 0 Å². The van der Waals surface area contributed by atoms with Gasteiger partial charge in [-0.15, -0.1) is 0 Å². The molecule has 0 atom stereocenters. The molecule has 0 amide bonds. The third kappa shape index (κ3) is 4.46. The Bertz CT molecular complexity index is 788. The Morgan fingerprint density at radius 3 is 2.52 bits per heavy atom. The molecule has 1 fully saturated rings. The number of carbonyl (C=O) groups is 1. The van der Waals surface area contributed by atoms with Gasteiger partial charge in [-0.3, -0.25) is 9.69 Å². The number of hydrogen-bond donors (Lipinski definition) is 1. The molecule has 132 valence electrons. The SMILES string of the molecule is Cc1cc(CN2CC(C(=O)O)C2)ccc1OCc1ccc(Cl)c(Cl)c1. The van der Waals surface area contributed by atoms with Crippen LogP contribution in [-0.4, -0.2) is 29.1 Å². The molecule has 0 unspecified atom stereocenters. The fraction of sp³-hybridized carbons (Fsp3) is 0.316. The van der Waals surface area contributed by atoms with Gasteiger partial charge >= 0.3 is 5.97 Å². The average Bonchev–Trinajstić information content (AvgIpc) is 2.52. The van der Waals surface area contributed by atoms with Crippen molar-refractivity contribution in [2.75, 3.05) is 13.1 Å². The molecular formula is C19H19Cl2NO3. The molecule has 0 spiro atoms. The largest absolute Gasteiger partial charge is 0.489 e. The number of rotatable bonds is 6. The first-order valence-corrected chi connectivity index (χ1v) is 8.79. The number of hydrogen-bond acceptors (Lipinski definition) is 3. The van der Waals surface area contributed by atoms with E-state index in [2.05, 4.69) is 11.0 Å². The van der Waals surface area contributed by atoms with Gasteiger partial charge in [-0.1, -0.05) is 41.4 Å². The van der Waals surface area contributed by atoms with Crippen molar-refractivity contribution < 1.29 is 14.6 Å². The van der Waals surface area contributed by atoms with Crippen LogP contribution in [0.2, 0.25) is 10.0 Å². The van der Waals surface area contributed by atoms with Crippen LogP contribution in [0.25, 0.3) is 0 Å². The lowest BCUT2D eigenvalue weighted by Crippen LogP contribution is -2.49. The second-order valence-electron chi connectivity index (χ2n) is 6.37. The summed E-state index contributed by atoms with van der Waals surface area (Å²) in [5.74, 6) is -0.116. The molecule has 1 heterocycles. The Balaban J connectivity index is 1.56. The molecule has 1 saturated heterocycles. The van der Waals surface area contributed by atoms with Gasteiger partial charge in [-0.05, 0) is 41.8 Å². The second kappa shape index (κ2) is 7.65. The standard InChI is InChI=1S/C19H19Cl2NO3/c1-12-6-13(8-22-9-15(10-22)19(23)24)3-5-18(12)25-11-14-2-4-16(20)17(21)7-14/h2-7,15H,8-11H2,1H3,(H,23,24). The van der Waals surface area contributed by atoms with Crippen molar-refractivity contribution >= 4 is 29.2 Å². The number of carboxylic acid groups (broad SMARTS) is 1. The predicted molar refractivity (Wildman–Crippen MR) is 98.4 cm³/mol. The van der Waals surface area contributed by atoms with Gasteiger partial charge < -0.3 is 9.84 Å². The van der Waals surface area contributed by atoms with E-state index in [0.29, 0.717) is 29.7 Å². The maximum atomic E-state index is 10.8. The van der Waals surface area contributed by atoms with Crippen molar-refractivity contribution in [3.05, 3.63) is 63.1 Å². The van der Waals surface area contributed by atoms with E-state index in [4.69, 9.17) is 33.0 Å². The van der Waals surface area contributed by atoms with Crippen LogP contribution in [0.4, 0.5) is 0 Å². The van der Waals surface area contributed by atoms with Crippen molar-refractivity contribution in [2.45, 2.75) is 20.1 Å². The normalized spacial score (nSPS) is 15.0. The first kappa shape index (κ1) is 18.1. The second-order valence-corrected chi connectivity index (χ2v) is 7.18. The highest BCUT2D eigenvalue weighted by molar-refractivity contribution is 6.42. The highest BCUT2D eigenvalue weighted by atomic mass is 35.5. The molecule has 25 heavy (non-hydrogen) atoms. The van der Waals surface area contributed by atoms with Gasteiger partial charge in [0, 0.05) is 19.6 Å². The Morgan fingerprint density at radius 1 is 1.16 bits per heavy atom. The fourth-order valence-electron chi connectivity index (χ4n) is 2.88. The van der Waals surface area contributed by atoms with Crippen LogP contribution < -0.4 is 4.74 Å². The zero-order valence-corrected chi connectivity index (χ0v) is 15.3. The third-order valence-corrected chi connectivity index (χ3v) is 5.07. The topological polar surface area (TPSA) is 49.8 Å². The molecule has 0 saturated carbocycles. The average molecular weight is 380 g/mol. The van der Waals surface area contributed by atoms with Gasteiger partial charge in [0.25, 0.3) is 0 Å². The minimum atomic E-state index is -0.710. The summed E-state index contributed by atoms with van der Waals surface area (Å²) in [5.41, 5.74) is 3.16. The molecule has 1 N–H and O–H groups in total. The number of aliphatic carboxylic acids is 1. The van der Waals surface area contributed by atoms with E-state index in [0.717, 1.165) is 29.0 Å². The molecule has 2 aromatic carbocycles. The minimum Gasteiger partial charge on any atom is -0.489 e. The summed E-state index contributed by atoms with van der Waals surface area (Å²) in [7, 11) is 0. The lowest BCUT2D eigenvalue weighted by Gasteiger charge is -2.36. The molecule has 0 bridgehead atoms. The molecule has 0 radical (unpaired) electrons. The number of aryl methyl sites for hydroxylation is 1. The van der Waals surface area contributed by atoms with E-state index in [1.165, 1.54) is 0 Å². The monoisotopic (exact) mass is 379 g/mol. The Morgan fingerprint density at radius 2 is 1.88 bits per heavy atom. The molecule has 6 heteroatoms. The van der Waals surface area contributed by atoms with Crippen LogP contribution in [0.5, 0.6) is 5.75 Å². The smallest absolute Gasteiger partial charge is 0.309 e. The summed E-state index contributed by atoms with van der Waals surface area (Å²) in [6.45, 7) is 4.42. The van der Waals surface area contributed by atoms with E-state index in [1.807, 2.05) is 25.1 Å². The Kier molecular flexibility index (Phi) is 5.52. The Labute approximate surface area is 156 Å². The van der Waals surface area contributed by atoms with Crippen molar-refractivity contribution in [3.63, 3.8) is 0 Å². The van der Waals surface area contributed by atoms with E-state index >= 15 is 0 Å². The number of nitrogens with zero attached hydrogens (tertiary/aromatic N) is 1. The first-order chi connectivity index (χ1) is 11.9. The summed E-state index contributed by atoms with van der Waals surface area (Å²) < 4.78 is 5.87.